The third-order valence-corrected chi connectivity index (χ3v) is 5.15. The van der Waals surface area contributed by atoms with Crippen LogP contribution in [0.15, 0.2) is 28.7 Å². The molecule has 5 nitrogen and oxygen atoms in total. The largest absolute Gasteiger partial charge is 0.355 e. The van der Waals surface area contributed by atoms with E-state index in [2.05, 4.69) is 26.6 Å². The van der Waals surface area contributed by atoms with Crippen LogP contribution < -0.4 is 15.5 Å². The average Bonchev–Trinajstić information content (AvgIpc) is 3.17. The predicted molar refractivity (Wildman–Crippen MR) is 100 cm³/mol. The zero-order chi connectivity index (χ0) is 16.2. The first-order valence-electron chi connectivity index (χ1n) is 8.20. The van der Waals surface area contributed by atoms with Crippen LogP contribution in [0.1, 0.15) is 19.3 Å². The molecule has 2 saturated heterocycles. The Morgan fingerprint density at radius 3 is 2.92 bits per heavy atom. The minimum atomic E-state index is -0.546. The van der Waals surface area contributed by atoms with E-state index in [1.54, 1.807) is 4.90 Å². The fourth-order valence-electron chi connectivity index (χ4n) is 3.31. The van der Waals surface area contributed by atoms with Gasteiger partial charge < -0.3 is 15.5 Å². The molecule has 3 rings (SSSR count). The van der Waals surface area contributed by atoms with Crippen molar-refractivity contribution in [3.05, 3.63) is 28.7 Å². The number of rotatable bonds is 5. The Morgan fingerprint density at radius 2 is 2.21 bits per heavy atom. The monoisotopic (exact) mass is 415 g/mol. The van der Waals surface area contributed by atoms with Crippen LogP contribution in [0.25, 0.3) is 0 Å². The molecule has 0 aromatic heterocycles. The maximum absolute atomic E-state index is 12.5. The van der Waals surface area contributed by atoms with Crippen LogP contribution in [0.5, 0.6) is 0 Å². The molecule has 1 aromatic rings. The molecule has 2 heterocycles. The molecule has 0 aliphatic carbocycles. The first-order chi connectivity index (χ1) is 11.1. The van der Waals surface area contributed by atoms with Gasteiger partial charge in [0.1, 0.15) is 5.92 Å². The molecule has 132 valence electrons. The van der Waals surface area contributed by atoms with E-state index < -0.39 is 5.92 Å². The molecule has 24 heavy (non-hydrogen) atoms. The summed E-state index contributed by atoms with van der Waals surface area (Å²) in [5.41, 5.74) is 0.844. The van der Waals surface area contributed by atoms with Crippen molar-refractivity contribution >= 4 is 45.8 Å². The molecule has 0 saturated carbocycles. The number of nitrogens with zero attached hydrogens (tertiary/aromatic N) is 1. The molecule has 1 aromatic carbocycles. The van der Waals surface area contributed by atoms with Gasteiger partial charge in [0, 0.05) is 23.2 Å². The van der Waals surface area contributed by atoms with Crippen LogP contribution in [-0.2, 0) is 9.59 Å². The maximum Gasteiger partial charge on any atom is 0.239 e. The summed E-state index contributed by atoms with van der Waals surface area (Å²) in [5.74, 6) is -0.120. The lowest BCUT2D eigenvalue weighted by Gasteiger charge is -2.17. The topological polar surface area (TPSA) is 61.4 Å². The Bertz CT molecular complexity index is 593. The van der Waals surface area contributed by atoms with Gasteiger partial charge in [0.2, 0.25) is 11.8 Å². The van der Waals surface area contributed by atoms with Crippen LogP contribution in [0.2, 0.25) is 0 Å². The smallest absolute Gasteiger partial charge is 0.239 e. The van der Waals surface area contributed by atoms with Crippen molar-refractivity contribution < 1.29 is 9.59 Å². The van der Waals surface area contributed by atoms with E-state index in [0.29, 0.717) is 25.4 Å². The molecule has 2 N–H and O–H groups in total. The Balaban J connectivity index is 0.00000208. The number of amides is 2. The molecular weight excluding hydrogens is 394 g/mol. The fourth-order valence-corrected chi connectivity index (χ4v) is 3.69. The van der Waals surface area contributed by atoms with Gasteiger partial charge in [-0.25, -0.2) is 0 Å². The summed E-state index contributed by atoms with van der Waals surface area (Å²) in [6.45, 7) is 3.36. The molecule has 0 radical (unpaired) electrons. The lowest BCUT2D eigenvalue weighted by Crippen LogP contribution is -2.37. The zero-order valence-corrected chi connectivity index (χ0v) is 15.9. The van der Waals surface area contributed by atoms with E-state index in [0.717, 1.165) is 29.7 Å². The van der Waals surface area contributed by atoms with Crippen LogP contribution in [-0.4, -0.2) is 38.0 Å². The number of benzene rings is 1. The highest BCUT2D eigenvalue weighted by molar-refractivity contribution is 9.10. The first kappa shape index (κ1) is 19.2. The van der Waals surface area contributed by atoms with Crippen molar-refractivity contribution in [1.29, 1.82) is 0 Å². The SMILES string of the molecule is Cl.O=C(NCCC1CCNC1)C1CCN(c2cccc(Br)c2)C1=O. The summed E-state index contributed by atoms with van der Waals surface area (Å²) in [5, 5.41) is 6.27. The van der Waals surface area contributed by atoms with Crippen molar-refractivity contribution in [2.45, 2.75) is 19.3 Å². The summed E-state index contributed by atoms with van der Waals surface area (Å²) >= 11 is 3.42. The van der Waals surface area contributed by atoms with Crippen molar-refractivity contribution in [3.63, 3.8) is 0 Å². The van der Waals surface area contributed by atoms with Gasteiger partial charge >= 0.3 is 0 Å². The molecule has 0 spiro atoms. The maximum atomic E-state index is 12.5. The molecule has 2 amide bonds. The zero-order valence-electron chi connectivity index (χ0n) is 13.5. The number of carbonyl (C=O) groups excluding carboxylic acids is 2. The molecular formula is C17H23BrClN3O2. The van der Waals surface area contributed by atoms with Crippen molar-refractivity contribution in [2.24, 2.45) is 11.8 Å². The Kier molecular flexibility index (Phi) is 7.07. The summed E-state index contributed by atoms with van der Waals surface area (Å²) in [6, 6.07) is 7.63. The van der Waals surface area contributed by atoms with E-state index in [4.69, 9.17) is 0 Å². The minimum Gasteiger partial charge on any atom is -0.355 e. The molecule has 2 atom stereocenters. The lowest BCUT2D eigenvalue weighted by molar-refractivity contribution is -0.132. The third-order valence-electron chi connectivity index (χ3n) is 4.66. The van der Waals surface area contributed by atoms with Crippen LogP contribution in [0, 0.1) is 11.8 Å². The predicted octanol–water partition coefficient (Wildman–Crippen LogP) is 2.34. The van der Waals surface area contributed by atoms with Crippen molar-refractivity contribution in [3.8, 4) is 0 Å². The lowest BCUT2D eigenvalue weighted by atomic mass is 10.0. The van der Waals surface area contributed by atoms with Crippen molar-refractivity contribution in [1.82, 2.24) is 10.6 Å². The summed E-state index contributed by atoms with van der Waals surface area (Å²) in [6.07, 6.45) is 2.74. The normalized spacial score (nSPS) is 23.2. The van der Waals surface area contributed by atoms with Gasteiger partial charge in [-0.2, -0.15) is 0 Å². The second-order valence-electron chi connectivity index (χ2n) is 6.25. The van der Waals surface area contributed by atoms with Gasteiger partial charge in [-0.15, -0.1) is 12.4 Å². The summed E-state index contributed by atoms with van der Waals surface area (Å²) in [7, 11) is 0. The summed E-state index contributed by atoms with van der Waals surface area (Å²) in [4.78, 5) is 26.5. The number of hydrogen-bond acceptors (Lipinski definition) is 3. The van der Waals surface area contributed by atoms with E-state index in [1.165, 1.54) is 6.42 Å². The molecule has 7 heteroatoms. The van der Waals surface area contributed by atoms with Gasteiger partial charge in [-0.1, -0.05) is 22.0 Å². The standard InChI is InChI=1S/C17H22BrN3O2.ClH/c18-13-2-1-3-14(10-13)21-9-6-15(17(21)23)16(22)20-8-5-12-4-7-19-11-12;/h1-3,10,12,15,19H,4-9,11H2,(H,20,22);1H. The third kappa shape index (κ3) is 4.49. The Morgan fingerprint density at radius 1 is 1.38 bits per heavy atom. The highest BCUT2D eigenvalue weighted by Crippen LogP contribution is 2.27. The average molecular weight is 417 g/mol. The van der Waals surface area contributed by atoms with E-state index in [-0.39, 0.29) is 24.2 Å². The fraction of sp³-hybridized carbons (Fsp3) is 0.529. The van der Waals surface area contributed by atoms with Gasteiger partial charge in [0.15, 0.2) is 0 Å². The van der Waals surface area contributed by atoms with Gasteiger partial charge in [-0.3, -0.25) is 9.59 Å². The molecule has 2 fully saturated rings. The number of carbonyl (C=O) groups is 2. The van der Waals surface area contributed by atoms with Crippen molar-refractivity contribution in [2.75, 3.05) is 31.1 Å². The molecule has 2 unspecified atom stereocenters. The molecule has 0 bridgehead atoms. The van der Waals surface area contributed by atoms with Gasteiger partial charge in [-0.05, 0) is 56.5 Å². The number of hydrogen-bond donors (Lipinski definition) is 2. The van der Waals surface area contributed by atoms with E-state index in [9.17, 15) is 9.59 Å². The highest BCUT2D eigenvalue weighted by Gasteiger charge is 2.37. The summed E-state index contributed by atoms with van der Waals surface area (Å²) < 4.78 is 0.931. The van der Waals surface area contributed by atoms with E-state index in [1.807, 2.05) is 24.3 Å². The molecule has 2 aliphatic heterocycles. The Labute approximate surface area is 157 Å². The van der Waals surface area contributed by atoms with Crippen LogP contribution >= 0.6 is 28.3 Å². The Hall–Kier alpha value is -1.11. The second kappa shape index (κ2) is 8.83. The minimum absolute atomic E-state index is 0. The number of halogens is 2. The number of nitrogens with one attached hydrogen (secondary N) is 2. The van der Waals surface area contributed by atoms with Crippen LogP contribution in [0.4, 0.5) is 5.69 Å². The highest BCUT2D eigenvalue weighted by atomic mass is 79.9. The van der Waals surface area contributed by atoms with Crippen LogP contribution in [0.3, 0.4) is 0 Å². The quantitative estimate of drug-likeness (QED) is 0.724. The first-order valence-corrected chi connectivity index (χ1v) is 9.00. The molecule has 2 aliphatic rings. The van der Waals surface area contributed by atoms with E-state index >= 15 is 0 Å². The second-order valence-corrected chi connectivity index (χ2v) is 7.17. The number of anilines is 1. The van der Waals surface area contributed by atoms with Gasteiger partial charge in [0.05, 0.1) is 0 Å². The van der Waals surface area contributed by atoms with Gasteiger partial charge in [0.25, 0.3) is 0 Å².